The van der Waals surface area contributed by atoms with Crippen LogP contribution < -0.4 is 11.0 Å². The Morgan fingerprint density at radius 2 is 2.10 bits per heavy atom. The fraction of sp³-hybridized carbons (Fsp3) is 0.400. The Hall–Kier alpha value is -2.23. The highest BCUT2D eigenvalue weighted by molar-refractivity contribution is 8.00. The lowest BCUT2D eigenvalue weighted by atomic mass is 10.2. The predicted molar refractivity (Wildman–Crippen MR) is 118 cm³/mol. The van der Waals surface area contributed by atoms with Gasteiger partial charge in [-0.1, -0.05) is 35.2 Å². The molecule has 0 spiro atoms. The van der Waals surface area contributed by atoms with Gasteiger partial charge in [0.2, 0.25) is 5.91 Å². The second-order valence-corrected chi connectivity index (χ2v) is 9.25. The number of carbonyl (C=O) groups is 1. The molecule has 0 aliphatic heterocycles. The van der Waals surface area contributed by atoms with Gasteiger partial charge in [-0.25, -0.2) is 9.78 Å². The van der Waals surface area contributed by atoms with Gasteiger partial charge in [0.25, 0.3) is 0 Å². The summed E-state index contributed by atoms with van der Waals surface area (Å²) in [5.74, 6) is 0.0654. The molecule has 1 aliphatic rings. The van der Waals surface area contributed by atoms with Crippen LogP contribution in [0, 0.1) is 0 Å². The molecule has 2 aromatic heterocycles. The van der Waals surface area contributed by atoms with E-state index < -0.39 is 0 Å². The molecule has 0 unspecified atom stereocenters. The summed E-state index contributed by atoms with van der Waals surface area (Å²) in [6.07, 6.45) is 2.83. The minimum absolute atomic E-state index is 0.139. The van der Waals surface area contributed by atoms with Crippen molar-refractivity contribution in [2.24, 2.45) is 0 Å². The van der Waals surface area contributed by atoms with Gasteiger partial charge in [0.1, 0.15) is 5.03 Å². The summed E-state index contributed by atoms with van der Waals surface area (Å²) in [4.78, 5) is 35.8. The second kappa shape index (κ2) is 8.64. The number of aromatic nitrogens is 3. The fourth-order valence-corrected chi connectivity index (χ4v) is 5.21. The number of para-hydroxylation sites is 1. The van der Waals surface area contributed by atoms with Gasteiger partial charge in [0.15, 0.2) is 5.13 Å². The van der Waals surface area contributed by atoms with Crippen LogP contribution in [0.5, 0.6) is 0 Å². The summed E-state index contributed by atoms with van der Waals surface area (Å²) in [6.45, 7) is 1.44. The molecule has 0 saturated heterocycles. The lowest BCUT2D eigenvalue weighted by molar-refractivity contribution is -0.113. The third kappa shape index (κ3) is 4.52. The lowest BCUT2D eigenvalue weighted by Gasteiger charge is -2.16. The molecule has 3 aromatic rings. The van der Waals surface area contributed by atoms with Gasteiger partial charge in [-0.15, -0.1) is 0 Å². The molecule has 4 rings (SSSR count). The number of anilines is 1. The summed E-state index contributed by atoms with van der Waals surface area (Å²) in [6, 6.07) is 7.79. The number of rotatable bonds is 7. The van der Waals surface area contributed by atoms with Crippen LogP contribution in [-0.4, -0.2) is 51.7 Å². The molecule has 2 heterocycles. The number of benzene rings is 1. The highest BCUT2D eigenvalue weighted by Gasteiger charge is 2.22. The zero-order valence-electron chi connectivity index (χ0n) is 16.5. The van der Waals surface area contributed by atoms with Crippen LogP contribution in [0.4, 0.5) is 5.13 Å². The number of carbonyl (C=O) groups excluding carboxylic acids is 1. The molecule has 7 nitrogen and oxygen atoms in total. The van der Waals surface area contributed by atoms with Crippen molar-refractivity contribution in [1.29, 1.82) is 0 Å². The van der Waals surface area contributed by atoms with Crippen LogP contribution in [0.2, 0.25) is 0 Å². The number of nitrogens with one attached hydrogen (secondary N) is 1. The minimum atomic E-state index is -0.221. The predicted octanol–water partition coefficient (Wildman–Crippen LogP) is 2.63. The van der Waals surface area contributed by atoms with E-state index in [1.807, 2.05) is 38.4 Å². The van der Waals surface area contributed by atoms with Crippen molar-refractivity contribution in [1.82, 2.24) is 19.4 Å². The van der Waals surface area contributed by atoms with Gasteiger partial charge in [-0.3, -0.25) is 9.36 Å². The first kappa shape index (κ1) is 20.1. The maximum atomic E-state index is 12.6. The highest BCUT2D eigenvalue weighted by Crippen LogP contribution is 2.30. The van der Waals surface area contributed by atoms with Gasteiger partial charge in [-0.2, -0.15) is 4.98 Å². The first-order valence-electron chi connectivity index (χ1n) is 9.57. The van der Waals surface area contributed by atoms with E-state index in [-0.39, 0.29) is 17.3 Å². The molecular formula is C20H23N5O2S2. The lowest BCUT2D eigenvalue weighted by Crippen LogP contribution is -2.31. The van der Waals surface area contributed by atoms with E-state index >= 15 is 0 Å². The molecule has 1 amide bonds. The average Bonchev–Trinajstić information content (AvgIpc) is 3.31. The molecule has 1 aromatic carbocycles. The van der Waals surface area contributed by atoms with Crippen molar-refractivity contribution in [3.05, 3.63) is 46.0 Å². The summed E-state index contributed by atoms with van der Waals surface area (Å²) >= 11 is 2.79. The minimum Gasteiger partial charge on any atom is -0.308 e. The number of thiazole rings is 1. The molecule has 1 aliphatic carbocycles. The van der Waals surface area contributed by atoms with Crippen molar-refractivity contribution < 1.29 is 4.79 Å². The van der Waals surface area contributed by atoms with Crippen LogP contribution in [0.15, 0.2) is 34.1 Å². The second-order valence-electron chi connectivity index (χ2n) is 7.26. The van der Waals surface area contributed by atoms with E-state index in [2.05, 4.69) is 20.2 Å². The Morgan fingerprint density at radius 1 is 1.28 bits per heavy atom. The van der Waals surface area contributed by atoms with Gasteiger partial charge >= 0.3 is 5.69 Å². The molecule has 0 saturated carbocycles. The van der Waals surface area contributed by atoms with Gasteiger partial charge in [0, 0.05) is 24.3 Å². The number of hydrogen-bond donors (Lipinski definition) is 1. The van der Waals surface area contributed by atoms with Gasteiger partial charge in [0.05, 0.1) is 16.0 Å². The zero-order valence-corrected chi connectivity index (χ0v) is 18.1. The van der Waals surface area contributed by atoms with E-state index in [0.717, 1.165) is 47.3 Å². The summed E-state index contributed by atoms with van der Waals surface area (Å²) in [7, 11) is 3.99. The molecule has 0 bridgehead atoms. The molecule has 0 atom stereocenters. The zero-order chi connectivity index (χ0) is 20.4. The van der Waals surface area contributed by atoms with Crippen LogP contribution in [-0.2, 0) is 24.2 Å². The molecule has 0 radical (unpaired) electrons. The third-order valence-electron chi connectivity index (χ3n) is 4.85. The normalized spacial score (nSPS) is 13.2. The van der Waals surface area contributed by atoms with E-state index in [1.54, 1.807) is 4.57 Å². The molecule has 9 heteroatoms. The van der Waals surface area contributed by atoms with Crippen LogP contribution in [0.25, 0.3) is 10.2 Å². The quantitative estimate of drug-likeness (QED) is 0.459. The third-order valence-corrected chi connectivity index (χ3v) is 6.82. The standard InChI is InChI=1S/C20H23N5O2S2/c1-24(2)10-11-25-15-8-5-6-13(15)18(23-20(25)27)28-12-17(26)22-19-21-14-7-3-4-9-16(14)29-19/h3-4,7,9H,5-6,8,10-12H2,1-2H3,(H,21,22,26). The molecule has 152 valence electrons. The first-order valence-corrected chi connectivity index (χ1v) is 11.4. The smallest absolute Gasteiger partial charge is 0.308 e. The van der Waals surface area contributed by atoms with Crippen LogP contribution in [0.3, 0.4) is 0 Å². The molecule has 1 N–H and O–H groups in total. The van der Waals surface area contributed by atoms with E-state index in [0.29, 0.717) is 16.7 Å². The Morgan fingerprint density at radius 3 is 2.90 bits per heavy atom. The molecular weight excluding hydrogens is 406 g/mol. The van der Waals surface area contributed by atoms with Gasteiger partial charge in [-0.05, 0) is 45.5 Å². The maximum Gasteiger partial charge on any atom is 0.348 e. The van der Waals surface area contributed by atoms with Crippen LogP contribution >= 0.6 is 23.1 Å². The van der Waals surface area contributed by atoms with Crippen LogP contribution in [0.1, 0.15) is 17.7 Å². The van der Waals surface area contributed by atoms with E-state index in [9.17, 15) is 9.59 Å². The Labute approximate surface area is 177 Å². The number of thioether (sulfide) groups is 1. The SMILES string of the molecule is CN(C)CCn1c2c(c(SCC(=O)Nc3nc4ccccc4s3)nc1=O)CCC2. The van der Waals surface area contributed by atoms with Crippen molar-refractivity contribution in [3.8, 4) is 0 Å². The van der Waals surface area contributed by atoms with Crippen molar-refractivity contribution in [2.45, 2.75) is 30.8 Å². The number of fused-ring (bicyclic) bond motifs is 2. The largest absolute Gasteiger partial charge is 0.348 e. The van der Waals surface area contributed by atoms with E-state index in [1.165, 1.54) is 23.1 Å². The van der Waals surface area contributed by atoms with E-state index in [4.69, 9.17) is 0 Å². The number of hydrogen-bond acceptors (Lipinski definition) is 7. The molecule has 0 fully saturated rings. The first-order chi connectivity index (χ1) is 14.0. The number of likely N-dealkylation sites (N-methyl/N-ethyl adjacent to an activating group) is 1. The number of nitrogens with zero attached hydrogens (tertiary/aromatic N) is 4. The van der Waals surface area contributed by atoms with Crippen molar-refractivity contribution >= 4 is 44.4 Å². The molecule has 29 heavy (non-hydrogen) atoms. The summed E-state index contributed by atoms with van der Waals surface area (Å²) in [5.41, 5.74) is 2.87. The van der Waals surface area contributed by atoms with Crippen molar-refractivity contribution in [2.75, 3.05) is 31.7 Å². The topological polar surface area (TPSA) is 80.1 Å². The highest BCUT2D eigenvalue weighted by atomic mass is 32.2. The summed E-state index contributed by atoms with van der Waals surface area (Å²) < 4.78 is 2.84. The Bertz CT molecular complexity index is 1070. The summed E-state index contributed by atoms with van der Waals surface area (Å²) in [5, 5.41) is 4.15. The fourth-order valence-electron chi connectivity index (χ4n) is 3.45. The Kier molecular flexibility index (Phi) is 5.98. The van der Waals surface area contributed by atoms with Gasteiger partial charge < -0.3 is 10.2 Å². The maximum absolute atomic E-state index is 12.6. The van der Waals surface area contributed by atoms with Crippen molar-refractivity contribution in [3.63, 3.8) is 0 Å². The average molecular weight is 430 g/mol. The monoisotopic (exact) mass is 429 g/mol. The Balaban J connectivity index is 1.45. The number of amides is 1.